The molecule has 3 N–H and O–H groups in total. The van der Waals surface area contributed by atoms with Crippen LogP contribution in [0, 0.1) is 5.82 Å². The number of aromatic hydroxyl groups is 1. The topological polar surface area (TPSA) is 60.9 Å². The number of rotatable bonds is 4. The Balaban J connectivity index is 1.97. The van der Waals surface area contributed by atoms with Crippen LogP contribution in [-0.4, -0.2) is 15.1 Å². The third-order valence-electron chi connectivity index (χ3n) is 3.15. The number of anilines is 1. The maximum Gasteiger partial charge on any atom is 0.123 e. The highest BCUT2D eigenvalue weighted by atomic mass is 19.1. The van der Waals surface area contributed by atoms with Gasteiger partial charge >= 0.3 is 0 Å². The lowest BCUT2D eigenvalue weighted by Crippen LogP contribution is -2.13. The molecule has 0 amide bonds. The third-order valence-corrected chi connectivity index (χ3v) is 3.15. The number of hydrogen-bond acceptors (Lipinski definition) is 3. The summed E-state index contributed by atoms with van der Waals surface area (Å²) in [5.41, 5.74) is 2.22. The number of phenolic OH excluding ortho intramolecular Hbond substituents is 1. The van der Waals surface area contributed by atoms with Crippen molar-refractivity contribution in [1.82, 2.24) is 9.97 Å². The second-order valence-electron chi connectivity index (χ2n) is 4.68. The molecule has 0 aliphatic carbocycles. The predicted molar refractivity (Wildman–Crippen MR) is 78.6 cm³/mol. The van der Waals surface area contributed by atoms with Gasteiger partial charge in [-0.2, -0.15) is 0 Å². The quantitative estimate of drug-likeness (QED) is 0.687. The molecule has 1 atom stereocenters. The minimum absolute atomic E-state index is 0.167. The third kappa shape index (κ3) is 3.02. The van der Waals surface area contributed by atoms with Crippen molar-refractivity contribution in [2.75, 3.05) is 5.32 Å². The Morgan fingerprint density at radius 2 is 2.00 bits per heavy atom. The van der Waals surface area contributed by atoms with Gasteiger partial charge in [0.25, 0.3) is 0 Å². The molecule has 2 aromatic carbocycles. The molecule has 0 fully saturated rings. The monoisotopic (exact) mass is 283 g/mol. The highest BCUT2D eigenvalue weighted by molar-refractivity contribution is 5.51. The summed E-state index contributed by atoms with van der Waals surface area (Å²) in [5.74, 6) is -0.134. The lowest BCUT2D eigenvalue weighted by Gasteiger charge is -2.19. The minimum Gasteiger partial charge on any atom is -0.508 e. The fourth-order valence-electron chi connectivity index (χ4n) is 2.21. The first-order valence-corrected chi connectivity index (χ1v) is 6.52. The predicted octanol–water partition coefficient (Wildman–Crippen LogP) is 3.46. The zero-order chi connectivity index (χ0) is 14.7. The lowest BCUT2D eigenvalue weighted by molar-refractivity contribution is 0.475. The maximum absolute atomic E-state index is 13.5. The van der Waals surface area contributed by atoms with Gasteiger partial charge in [0.15, 0.2) is 0 Å². The van der Waals surface area contributed by atoms with Gasteiger partial charge in [0.05, 0.1) is 18.1 Å². The average molecular weight is 283 g/mol. The van der Waals surface area contributed by atoms with Crippen LogP contribution in [-0.2, 0) is 0 Å². The molecular formula is C16H14FN3O. The highest BCUT2D eigenvalue weighted by Crippen LogP contribution is 2.27. The number of nitrogens with zero attached hydrogens (tertiary/aromatic N) is 1. The molecule has 1 unspecified atom stereocenters. The van der Waals surface area contributed by atoms with Crippen molar-refractivity contribution >= 4 is 5.69 Å². The number of halogens is 1. The van der Waals surface area contributed by atoms with Gasteiger partial charge in [0.1, 0.15) is 11.6 Å². The number of nitrogens with one attached hydrogen (secondary N) is 2. The lowest BCUT2D eigenvalue weighted by atomic mass is 10.0. The summed E-state index contributed by atoms with van der Waals surface area (Å²) < 4.78 is 13.5. The largest absolute Gasteiger partial charge is 0.508 e. The number of aromatic nitrogens is 2. The van der Waals surface area contributed by atoms with Gasteiger partial charge in [-0.1, -0.05) is 18.2 Å². The molecule has 106 valence electrons. The molecule has 1 aromatic heterocycles. The van der Waals surface area contributed by atoms with Crippen LogP contribution in [0.25, 0.3) is 0 Å². The Morgan fingerprint density at radius 1 is 1.14 bits per heavy atom. The second kappa shape index (κ2) is 5.66. The van der Waals surface area contributed by atoms with Crippen molar-refractivity contribution in [2.45, 2.75) is 6.04 Å². The van der Waals surface area contributed by atoms with Crippen molar-refractivity contribution < 1.29 is 9.50 Å². The highest BCUT2D eigenvalue weighted by Gasteiger charge is 2.16. The van der Waals surface area contributed by atoms with E-state index in [1.807, 2.05) is 12.1 Å². The molecular weight excluding hydrogens is 269 g/mol. The molecule has 4 nitrogen and oxygen atoms in total. The number of imidazole rings is 1. The van der Waals surface area contributed by atoms with Crippen molar-refractivity contribution in [3.8, 4) is 5.75 Å². The smallest absolute Gasteiger partial charge is 0.123 e. The zero-order valence-corrected chi connectivity index (χ0v) is 11.1. The van der Waals surface area contributed by atoms with Crippen LogP contribution in [0.4, 0.5) is 10.1 Å². The summed E-state index contributed by atoms with van der Waals surface area (Å²) in [7, 11) is 0. The Bertz CT molecular complexity index is 728. The standard InChI is InChI=1S/C16H14FN3O/c17-12-4-1-3-11(7-12)16(15-9-18-10-19-15)20-13-5-2-6-14(21)8-13/h1-10,16,20-21H,(H,18,19). The second-order valence-corrected chi connectivity index (χ2v) is 4.68. The Morgan fingerprint density at radius 3 is 2.71 bits per heavy atom. The fourth-order valence-corrected chi connectivity index (χ4v) is 2.21. The minimum atomic E-state index is -0.311. The molecule has 5 heteroatoms. The van der Waals surface area contributed by atoms with Crippen molar-refractivity contribution in [1.29, 1.82) is 0 Å². The summed E-state index contributed by atoms with van der Waals surface area (Å²) in [6.07, 6.45) is 3.33. The van der Waals surface area contributed by atoms with E-state index < -0.39 is 0 Å². The average Bonchev–Trinajstić information content (AvgIpc) is 2.99. The molecule has 21 heavy (non-hydrogen) atoms. The van der Waals surface area contributed by atoms with Crippen LogP contribution >= 0.6 is 0 Å². The summed E-state index contributed by atoms with van der Waals surface area (Å²) >= 11 is 0. The van der Waals surface area contributed by atoms with Crippen LogP contribution < -0.4 is 5.32 Å². The van der Waals surface area contributed by atoms with Crippen molar-refractivity contribution in [2.24, 2.45) is 0 Å². The van der Waals surface area contributed by atoms with Crippen molar-refractivity contribution in [3.63, 3.8) is 0 Å². The molecule has 0 spiro atoms. The molecule has 0 aliphatic rings. The van der Waals surface area contributed by atoms with E-state index in [2.05, 4.69) is 15.3 Å². The van der Waals surface area contributed by atoms with Gasteiger partial charge in [-0.25, -0.2) is 9.37 Å². The van der Waals surface area contributed by atoms with E-state index in [4.69, 9.17) is 0 Å². The molecule has 0 radical (unpaired) electrons. The van der Waals surface area contributed by atoms with Crippen molar-refractivity contribution in [3.05, 3.63) is 78.1 Å². The molecule has 3 rings (SSSR count). The van der Waals surface area contributed by atoms with E-state index in [0.29, 0.717) is 0 Å². The van der Waals surface area contributed by atoms with E-state index in [1.165, 1.54) is 12.1 Å². The molecule has 0 saturated carbocycles. The molecule has 0 aliphatic heterocycles. The summed E-state index contributed by atoms with van der Waals surface area (Å²) in [6.45, 7) is 0. The van der Waals surface area contributed by atoms with E-state index in [9.17, 15) is 9.50 Å². The molecule has 3 aromatic rings. The first-order valence-electron chi connectivity index (χ1n) is 6.52. The SMILES string of the molecule is Oc1cccc(NC(c2cccc(F)c2)c2c[nH]cn2)c1. The van der Waals surface area contributed by atoms with E-state index in [-0.39, 0.29) is 17.6 Å². The van der Waals surface area contributed by atoms with Crippen LogP contribution in [0.5, 0.6) is 5.75 Å². The molecule has 1 heterocycles. The Labute approximate surface area is 121 Å². The van der Waals surface area contributed by atoms with Gasteiger partial charge in [0, 0.05) is 18.0 Å². The van der Waals surface area contributed by atoms with Gasteiger partial charge < -0.3 is 15.4 Å². The number of phenols is 1. The van der Waals surface area contributed by atoms with Gasteiger partial charge in [-0.05, 0) is 29.8 Å². The Hall–Kier alpha value is -2.82. The normalized spacial score (nSPS) is 12.0. The number of hydrogen-bond donors (Lipinski definition) is 3. The first-order chi connectivity index (χ1) is 10.2. The summed E-state index contributed by atoms with van der Waals surface area (Å²) in [5, 5.41) is 12.8. The number of benzene rings is 2. The molecule has 0 bridgehead atoms. The maximum atomic E-state index is 13.5. The zero-order valence-electron chi connectivity index (χ0n) is 11.1. The Kier molecular flexibility index (Phi) is 3.55. The van der Waals surface area contributed by atoms with Gasteiger partial charge in [0.2, 0.25) is 0 Å². The van der Waals surface area contributed by atoms with Crippen LogP contribution in [0.1, 0.15) is 17.3 Å². The van der Waals surface area contributed by atoms with Gasteiger partial charge in [-0.3, -0.25) is 0 Å². The van der Waals surface area contributed by atoms with Crippen LogP contribution in [0.3, 0.4) is 0 Å². The van der Waals surface area contributed by atoms with Gasteiger partial charge in [-0.15, -0.1) is 0 Å². The van der Waals surface area contributed by atoms with Crippen LogP contribution in [0.15, 0.2) is 61.1 Å². The summed E-state index contributed by atoms with van der Waals surface area (Å²) in [6, 6.07) is 12.8. The number of H-pyrrole nitrogens is 1. The summed E-state index contributed by atoms with van der Waals surface area (Å²) in [4.78, 5) is 7.14. The first kappa shape index (κ1) is 13.2. The number of aromatic amines is 1. The van der Waals surface area contributed by atoms with E-state index in [0.717, 1.165) is 16.9 Å². The fraction of sp³-hybridized carbons (Fsp3) is 0.0625. The van der Waals surface area contributed by atoms with E-state index in [1.54, 1.807) is 36.8 Å². The van der Waals surface area contributed by atoms with Crippen LogP contribution in [0.2, 0.25) is 0 Å². The van der Waals surface area contributed by atoms with E-state index >= 15 is 0 Å². The molecule has 0 saturated heterocycles.